The molecular formula is C27H27F3N2O4. The molecule has 1 amide bonds. The zero-order valence-electron chi connectivity index (χ0n) is 19.8. The fourth-order valence-corrected chi connectivity index (χ4v) is 4.82. The molecule has 0 bridgehead atoms. The molecule has 1 N–H and O–H groups in total. The first-order chi connectivity index (χ1) is 17.1. The largest absolute Gasteiger partial charge is 0.478 e. The van der Waals surface area contributed by atoms with Gasteiger partial charge in [0.15, 0.2) is 0 Å². The Bertz CT molecular complexity index is 1290. The number of piperidine rings is 1. The van der Waals surface area contributed by atoms with Crippen molar-refractivity contribution in [2.75, 3.05) is 13.1 Å². The molecule has 0 radical (unpaired) electrons. The normalized spacial score (nSPS) is 14.8. The van der Waals surface area contributed by atoms with Gasteiger partial charge in [0.25, 0.3) is 0 Å². The number of likely N-dealkylation sites (tertiary alicyclic amines) is 1. The maximum Gasteiger partial charge on any atom is 0.471 e. The standard InChI is InChI=1S/C27H27F3N2O4/c1-2-3-4-20-15-22-16-21(25(34)35)11-14-32(22)23(20)24(33)19-7-5-17(6-8-19)18-9-12-31(13-10-18)26(36)27(28,29)30/h5-8,11,14-16,18H,2-4,9-10,12-13H2,1H3,(H,34,35). The van der Waals surface area contributed by atoms with E-state index >= 15 is 0 Å². The van der Waals surface area contributed by atoms with Gasteiger partial charge in [0.1, 0.15) is 0 Å². The topological polar surface area (TPSA) is 79.1 Å². The van der Waals surface area contributed by atoms with Gasteiger partial charge in [-0.15, -0.1) is 0 Å². The Kier molecular flexibility index (Phi) is 7.19. The summed E-state index contributed by atoms with van der Waals surface area (Å²) < 4.78 is 39.8. The maximum atomic E-state index is 13.5. The number of alkyl halides is 3. The van der Waals surface area contributed by atoms with E-state index in [4.69, 9.17) is 0 Å². The molecule has 6 nitrogen and oxygen atoms in total. The van der Waals surface area contributed by atoms with Crippen LogP contribution in [0.4, 0.5) is 13.2 Å². The van der Waals surface area contributed by atoms with Crippen molar-refractivity contribution in [3.63, 3.8) is 0 Å². The monoisotopic (exact) mass is 500 g/mol. The molecular weight excluding hydrogens is 473 g/mol. The van der Waals surface area contributed by atoms with Crippen LogP contribution in [-0.4, -0.2) is 51.3 Å². The SMILES string of the molecule is CCCCc1cc2cc(C(=O)O)ccn2c1C(=O)c1ccc(C2CCN(C(=O)C(F)(F)F)CC2)cc1. The third-order valence-electron chi connectivity index (χ3n) is 6.78. The summed E-state index contributed by atoms with van der Waals surface area (Å²) in [7, 11) is 0. The number of hydrogen-bond donors (Lipinski definition) is 1. The summed E-state index contributed by atoms with van der Waals surface area (Å²) in [5.41, 5.74) is 3.54. The van der Waals surface area contributed by atoms with Crippen LogP contribution in [0.3, 0.4) is 0 Å². The quantitative estimate of drug-likeness (QED) is 0.436. The predicted molar refractivity (Wildman–Crippen MR) is 127 cm³/mol. The van der Waals surface area contributed by atoms with Crippen molar-refractivity contribution in [3.05, 3.63) is 76.6 Å². The number of halogens is 3. The third-order valence-corrected chi connectivity index (χ3v) is 6.78. The van der Waals surface area contributed by atoms with Crippen molar-refractivity contribution in [1.82, 2.24) is 9.30 Å². The Labute approximate surface area is 206 Å². The molecule has 1 aliphatic heterocycles. The average Bonchev–Trinajstić information content (AvgIpc) is 3.23. The van der Waals surface area contributed by atoms with Crippen LogP contribution in [0.5, 0.6) is 0 Å². The second-order valence-electron chi connectivity index (χ2n) is 9.15. The van der Waals surface area contributed by atoms with Gasteiger partial charge in [0.2, 0.25) is 5.78 Å². The summed E-state index contributed by atoms with van der Waals surface area (Å²) in [5.74, 6) is -3.00. The number of aryl methyl sites for hydroxylation is 1. The van der Waals surface area contributed by atoms with Crippen LogP contribution >= 0.6 is 0 Å². The fraction of sp³-hybridized carbons (Fsp3) is 0.370. The van der Waals surface area contributed by atoms with Crippen LogP contribution in [0.25, 0.3) is 5.52 Å². The van der Waals surface area contributed by atoms with Crippen molar-refractivity contribution in [2.45, 2.75) is 51.1 Å². The summed E-state index contributed by atoms with van der Waals surface area (Å²) in [4.78, 5) is 37.2. The van der Waals surface area contributed by atoms with Gasteiger partial charge in [-0.3, -0.25) is 9.59 Å². The van der Waals surface area contributed by atoms with Gasteiger partial charge in [-0.1, -0.05) is 37.6 Å². The van der Waals surface area contributed by atoms with E-state index in [-0.39, 0.29) is 30.4 Å². The van der Waals surface area contributed by atoms with Crippen LogP contribution in [-0.2, 0) is 11.2 Å². The molecule has 0 saturated carbocycles. The number of pyridine rings is 1. The van der Waals surface area contributed by atoms with Crippen LogP contribution in [0.15, 0.2) is 48.7 Å². The minimum absolute atomic E-state index is 0.00937. The Balaban J connectivity index is 1.55. The molecule has 1 saturated heterocycles. The number of carboxylic acid groups (broad SMARTS) is 1. The van der Waals surface area contributed by atoms with E-state index in [2.05, 4.69) is 6.92 Å². The van der Waals surface area contributed by atoms with Crippen molar-refractivity contribution >= 4 is 23.2 Å². The third kappa shape index (κ3) is 5.15. The van der Waals surface area contributed by atoms with Crippen molar-refractivity contribution < 1.29 is 32.7 Å². The van der Waals surface area contributed by atoms with Crippen LogP contribution < -0.4 is 0 Å². The van der Waals surface area contributed by atoms with Crippen molar-refractivity contribution in [2.24, 2.45) is 0 Å². The Morgan fingerprint density at radius 1 is 1.00 bits per heavy atom. The Morgan fingerprint density at radius 3 is 2.25 bits per heavy atom. The highest BCUT2D eigenvalue weighted by Gasteiger charge is 2.43. The lowest BCUT2D eigenvalue weighted by atomic mass is 9.88. The number of carbonyl (C=O) groups excluding carboxylic acids is 2. The molecule has 0 atom stereocenters. The molecule has 0 unspecified atom stereocenters. The fourth-order valence-electron chi connectivity index (χ4n) is 4.82. The van der Waals surface area contributed by atoms with Gasteiger partial charge in [-0.25, -0.2) is 4.79 Å². The van der Waals surface area contributed by atoms with Gasteiger partial charge in [-0.05, 0) is 60.9 Å². The molecule has 1 aliphatic rings. The molecule has 0 spiro atoms. The van der Waals surface area contributed by atoms with Gasteiger partial charge >= 0.3 is 18.1 Å². The van der Waals surface area contributed by atoms with Crippen molar-refractivity contribution in [3.8, 4) is 0 Å². The summed E-state index contributed by atoms with van der Waals surface area (Å²) in [6.45, 7) is 2.14. The van der Waals surface area contributed by atoms with E-state index < -0.39 is 18.1 Å². The first-order valence-corrected chi connectivity index (χ1v) is 12.0. The number of aromatic nitrogens is 1. The van der Waals surface area contributed by atoms with Gasteiger partial charge in [-0.2, -0.15) is 13.2 Å². The molecule has 0 aliphatic carbocycles. The van der Waals surface area contributed by atoms with E-state index in [9.17, 15) is 32.7 Å². The molecule has 3 heterocycles. The highest BCUT2D eigenvalue weighted by atomic mass is 19.4. The maximum absolute atomic E-state index is 13.5. The Hall–Kier alpha value is -3.62. The average molecular weight is 501 g/mol. The molecule has 1 fully saturated rings. The zero-order chi connectivity index (χ0) is 26.0. The molecule has 4 rings (SSSR count). The van der Waals surface area contributed by atoms with E-state index in [0.29, 0.717) is 36.0 Å². The van der Waals surface area contributed by atoms with Crippen molar-refractivity contribution in [1.29, 1.82) is 0 Å². The molecule has 2 aromatic heterocycles. The minimum Gasteiger partial charge on any atom is -0.478 e. The number of nitrogens with zero attached hydrogens (tertiary/aromatic N) is 2. The molecule has 1 aromatic carbocycles. The molecule has 3 aromatic rings. The summed E-state index contributed by atoms with van der Waals surface area (Å²) in [6.07, 6.45) is 0.112. The molecule has 190 valence electrons. The highest BCUT2D eigenvalue weighted by Crippen LogP contribution is 2.31. The minimum atomic E-state index is -4.86. The number of amides is 1. The lowest BCUT2D eigenvalue weighted by Crippen LogP contribution is -2.45. The van der Waals surface area contributed by atoms with E-state index in [0.717, 1.165) is 28.9 Å². The molecule has 9 heteroatoms. The second-order valence-corrected chi connectivity index (χ2v) is 9.15. The first kappa shape index (κ1) is 25.5. The smallest absolute Gasteiger partial charge is 0.471 e. The van der Waals surface area contributed by atoms with Crippen LogP contribution in [0, 0.1) is 0 Å². The van der Waals surface area contributed by atoms with Gasteiger partial charge < -0.3 is 14.4 Å². The number of unbranched alkanes of at least 4 members (excludes halogenated alkanes) is 1. The second kappa shape index (κ2) is 10.2. The Morgan fingerprint density at radius 2 is 1.67 bits per heavy atom. The van der Waals surface area contributed by atoms with E-state index in [1.807, 2.05) is 18.2 Å². The number of ketones is 1. The predicted octanol–water partition coefficient (Wildman–Crippen LogP) is 5.48. The number of rotatable bonds is 7. The molecule has 36 heavy (non-hydrogen) atoms. The summed E-state index contributed by atoms with van der Waals surface area (Å²) >= 11 is 0. The van der Waals surface area contributed by atoms with E-state index in [1.54, 1.807) is 28.8 Å². The van der Waals surface area contributed by atoms with Gasteiger partial charge in [0, 0.05) is 30.4 Å². The van der Waals surface area contributed by atoms with Crippen LogP contribution in [0.1, 0.15) is 76.1 Å². The van der Waals surface area contributed by atoms with Crippen LogP contribution in [0.2, 0.25) is 0 Å². The number of carboxylic acids is 1. The first-order valence-electron chi connectivity index (χ1n) is 12.0. The highest BCUT2D eigenvalue weighted by molar-refractivity contribution is 6.09. The van der Waals surface area contributed by atoms with Gasteiger partial charge in [0.05, 0.1) is 11.3 Å². The summed E-state index contributed by atoms with van der Waals surface area (Å²) in [6, 6.07) is 12.0. The number of aromatic carboxylic acids is 1. The number of fused-ring (bicyclic) bond motifs is 1. The number of benzene rings is 1. The zero-order valence-corrected chi connectivity index (χ0v) is 19.8. The van der Waals surface area contributed by atoms with E-state index in [1.165, 1.54) is 6.07 Å². The lowest BCUT2D eigenvalue weighted by Gasteiger charge is -2.32. The lowest BCUT2D eigenvalue weighted by molar-refractivity contribution is -0.186. The number of carbonyl (C=O) groups is 3. The summed E-state index contributed by atoms with van der Waals surface area (Å²) in [5, 5.41) is 9.31. The number of hydrogen-bond acceptors (Lipinski definition) is 3.